The Bertz CT molecular complexity index is 1270. The Morgan fingerprint density at radius 2 is 2.00 bits per heavy atom. The predicted octanol–water partition coefficient (Wildman–Crippen LogP) is 3.88. The Kier molecular flexibility index (Phi) is 6.78. The minimum absolute atomic E-state index is 0.0131. The van der Waals surface area contributed by atoms with Gasteiger partial charge in [0.1, 0.15) is 15.5 Å². The van der Waals surface area contributed by atoms with E-state index in [1.165, 1.54) is 18.4 Å². The molecule has 33 heavy (non-hydrogen) atoms. The highest BCUT2D eigenvalue weighted by Crippen LogP contribution is 2.36. The van der Waals surface area contributed by atoms with Crippen molar-refractivity contribution >= 4 is 32.1 Å². The summed E-state index contributed by atoms with van der Waals surface area (Å²) in [7, 11) is -2.17. The van der Waals surface area contributed by atoms with Crippen LogP contribution in [0.3, 0.4) is 0 Å². The van der Waals surface area contributed by atoms with Crippen molar-refractivity contribution in [2.24, 2.45) is 5.92 Å². The maximum atomic E-state index is 13.4. The number of esters is 1. The highest BCUT2D eigenvalue weighted by atomic mass is 32.2. The largest absolute Gasteiger partial charge is 0.495 e. The first kappa shape index (κ1) is 23.7. The number of aryl methyl sites for hydroxylation is 1. The Hall–Kier alpha value is -2.43. The van der Waals surface area contributed by atoms with Crippen molar-refractivity contribution in [3.8, 4) is 17.0 Å². The number of aliphatic hydroxyl groups excluding tert-OH is 1. The van der Waals surface area contributed by atoms with Crippen LogP contribution < -0.4 is 4.74 Å². The molecule has 2 heterocycles. The molecule has 1 aliphatic rings. The molecule has 2 aromatic heterocycles. The van der Waals surface area contributed by atoms with E-state index in [0.29, 0.717) is 46.8 Å². The zero-order chi connectivity index (χ0) is 23.8. The van der Waals surface area contributed by atoms with Gasteiger partial charge < -0.3 is 14.6 Å². The van der Waals surface area contributed by atoms with Crippen LogP contribution in [0, 0.1) is 12.8 Å². The van der Waals surface area contributed by atoms with E-state index < -0.39 is 15.8 Å². The van der Waals surface area contributed by atoms with Crippen molar-refractivity contribution in [2.75, 3.05) is 19.5 Å². The highest BCUT2D eigenvalue weighted by Gasteiger charge is 2.29. The van der Waals surface area contributed by atoms with Gasteiger partial charge in [-0.05, 0) is 63.6 Å². The molecule has 1 saturated carbocycles. The first-order valence-electron chi connectivity index (χ1n) is 11.0. The number of benzene rings is 1. The van der Waals surface area contributed by atoms with E-state index in [-0.39, 0.29) is 29.3 Å². The summed E-state index contributed by atoms with van der Waals surface area (Å²) in [4.78, 5) is 17.9. The molecule has 8 nitrogen and oxygen atoms in total. The molecule has 178 valence electrons. The molecule has 0 amide bonds. The lowest BCUT2D eigenvalue weighted by atomic mass is 9.89. The lowest BCUT2D eigenvalue weighted by molar-refractivity contribution is 0.0531. The lowest BCUT2D eigenvalue weighted by Crippen LogP contribution is -2.24. The minimum atomic E-state index is -3.62. The molecule has 1 fully saturated rings. The van der Waals surface area contributed by atoms with Gasteiger partial charge in [-0.25, -0.2) is 18.2 Å². The van der Waals surface area contributed by atoms with E-state index in [9.17, 15) is 18.3 Å². The molecule has 0 saturated heterocycles. The molecule has 4 rings (SSSR count). The van der Waals surface area contributed by atoms with Gasteiger partial charge in [0, 0.05) is 11.8 Å². The van der Waals surface area contributed by atoms with Gasteiger partial charge in [-0.1, -0.05) is 11.3 Å². The maximum absolute atomic E-state index is 13.4. The number of imidazole rings is 1. The lowest BCUT2D eigenvalue weighted by Gasteiger charge is -2.25. The number of aromatic nitrogens is 2. The van der Waals surface area contributed by atoms with Gasteiger partial charge in [0.15, 0.2) is 14.8 Å². The molecule has 0 bridgehead atoms. The zero-order valence-corrected chi connectivity index (χ0v) is 20.5. The topological polar surface area (TPSA) is 107 Å². The summed E-state index contributed by atoms with van der Waals surface area (Å²) in [6.07, 6.45) is 3.99. The summed E-state index contributed by atoms with van der Waals surface area (Å²) in [5.41, 5.74) is 2.12. The van der Waals surface area contributed by atoms with Crippen molar-refractivity contribution in [3.05, 3.63) is 35.0 Å². The van der Waals surface area contributed by atoms with E-state index in [1.54, 1.807) is 35.7 Å². The van der Waals surface area contributed by atoms with Crippen LogP contribution in [-0.2, 0) is 14.6 Å². The first-order valence-corrected chi connectivity index (χ1v) is 13.4. The fourth-order valence-corrected chi connectivity index (χ4v) is 7.20. The maximum Gasteiger partial charge on any atom is 0.349 e. The molecular weight excluding hydrogens is 464 g/mol. The van der Waals surface area contributed by atoms with Gasteiger partial charge in [-0.3, -0.25) is 4.40 Å². The summed E-state index contributed by atoms with van der Waals surface area (Å²) < 4.78 is 39.0. The third kappa shape index (κ3) is 4.78. The van der Waals surface area contributed by atoms with Crippen molar-refractivity contribution < 1.29 is 27.8 Å². The van der Waals surface area contributed by atoms with Crippen LogP contribution in [0.4, 0.5) is 0 Å². The summed E-state index contributed by atoms with van der Waals surface area (Å²) in [6.45, 7) is 3.89. The van der Waals surface area contributed by atoms with Crippen LogP contribution >= 0.6 is 11.3 Å². The number of thiazole rings is 1. The molecule has 0 unspecified atom stereocenters. The third-order valence-corrected chi connectivity index (χ3v) is 8.88. The van der Waals surface area contributed by atoms with E-state index >= 15 is 0 Å². The number of hydrogen-bond acceptors (Lipinski definition) is 8. The third-order valence-electron chi connectivity index (χ3n) is 6.02. The van der Waals surface area contributed by atoms with Crippen LogP contribution in [0.1, 0.15) is 48.0 Å². The van der Waals surface area contributed by atoms with E-state index in [4.69, 9.17) is 9.47 Å². The molecule has 10 heteroatoms. The summed E-state index contributed by atoms with van der Waals surface area (Å²) in [5.74, 6) is -0.0804. The number of carbonyl (C=O) groups is 1. The van der Waals surface area contributed by atoms with Gasteiger partial charge in [-0.2, -0.15) is 0 Å². The normalized spacial score (nSPS) is 19.0. The predicted molar refractivity (Wildman–Crippen MR) is 126 cm³/mol. The average molecular weight is 493 g/mol. The van der Waals surface area contributed by atoms with E-state index in [1.807, 2.05) is 6.92 Å². The molecule has 0 atom stereocenters. The van der Waals surface area contributed by atoms with Gasteiger partial charge in [-0.15, -0.1) is 0 Å². The molecule has 0 aliphatic heterocycles. The first-order chi connectivity index (χ1) is 15.7. The second-order valence-corrected chi connectivity index (χ2v) is 11.3. The van der Waals surface area contributed by atoms with Crippen LogP contribution in [0.15, 0.2) is 29.3 Å². The van der Waals surface area contributed by atoms with Gasteiger partial charge in [0.2, 0.25) is 0 Å². The van der Waals surface area contributed by atoms with Crippen LogP contribution in [0.25, 0.3) is 16.2 Å². The van der Waals surface area contributed by atoms with Gasteiger partial charge in [0.05, 0.1) is 37.0 Å². The summed E-state index contributed by atoms with van der Waals surface area (Å²) in [6, 6.07) is 5.08. The van der Waals surface area contributed by atoms with Gasteiger partial charge in [0.25, 0.3) is 0 Å². The number of sulfone groups is 1. The number of hydrogen-bond donors (Lipinski definition) is 1. The molecule has 0 spiro atoms. The van der Waals surface area contributed by atoms with Crippen LogP contribution in [-0.4, -0.2) is 54.5 Å². The summed E-state index contributed by atoms with van der Waals surface area (Å²) >= 11 is 1.23. The highest BCUT2D eigenvalue weighted by molar-refractivity contribution is 7.91. The van der Waals surface area contributed by atoms with Crippen molar-refractivity contribution in [2.45, 2.75) is 50.5 Å². The molecule has 1 aromatic carbocycles. The summed E-state index contributed by atoms with van der Waals surface area (Å²) in [5, 5.41) is 9.74. The van der Waals surface area contributed by atoms with Crippen molar-refractivity contribution in [1.82, 2.24) is 9.38 Å². The smallest absolute Gasteiger partial charge is 0.349 e. The van der Waals surface area contributed by atoms with Crippen molar-refractivity contribution in [1.29, 1.82) is 0 Å². The zero-order valence-electron chi connectivity index (χ0n) is 18.9. The fraction of sp³-hybridized carbons (Fsp3) is 0.478. The molecule has 0 radical (unpaired) electrons. The number of nitrogens with zero attached hydrogens (tertiary/aromatic N) is 2. The standard InChI is InChI=1S/C23H28N2O6S2/c1-4-31-22(27)19-12-25-21(14(2)24-23(25)32-19)16-7-10-18(30-3)20(11-16)33(28,29)13-15-5-8-17(26)9-6-15/h7,10-12,15,17,26H,4-6,8-9,13H2,1-3H3. The fourth-order valence-electron chi connectivity index (χ4n) is 4.38. The second-order valence-electron chi connectivity index (χ2n) is 8.34. The number of aliphatic hydroxyl groups is 1. The minimum Gasteiger partial charge on any atom is -0.495 e. The van der Waals surface area contributed by atoms with Gasteiger partial charge >= 0.3 is 5.97 Å². The van der Waals surface area contributed by atoms with Crippen LogP contribution in [0.2, 0.25) is 0 Å². The van der Waals surface area contributed by atoms with E-state index in [2.05, 4.69) is 4.98 Å². The Labute approximate surface area is 197 Å². The molecule has 3 aromatic rings. The number of ether oxygens (including phenoxy) is 2. The van der Waals surface area contributed by atoms with Crippen LogP contribution in [0.5, 0.6) is 5.75 Å². The second kappa shape index (κ2) is 9.44. The van der Waals surface area contributed by atoms with Crippen molar-refractivity contribution in [3.63, 3.8) is 0 Å². The Morgan fingerprint density at radius 3 is 2.67 bits per heavy atom. The number of fused-ring (bicyclic) bond motifs is 1. The molecular formula is C23H28N2O6S2. The number of rotatable bonds is 7. The Morgan fingerprint density at radius 1 is 1.27 bits per heavy atom. The van der Waals surface area contributed by atoms with E-state index in [0.717, 1.165) is 11.4 Å². The molecule has 1 N–H and O–H groups in total. The average Bonchev–Trinajstić information content (AvgIpc) is 3.31. The SMILES string of the molecule is CCOC(=O)c1cn2c(-c3ccc(OC)c(S(=O)(=O)CC4CCC(O)CC4)c3)c(C)nc2s1. The Balaban J connectivity index is 1.73. The molecule has 1 aliphatic carbocycles. The number of carbonyl (C=O) groups excluding carboxylic acids is 1. The number of methoxy groups -OCH3 is 1. The monoisotopic (exact) mass is 492 g/mol. The quantitative estimate of drug-likeness (QED) is 0.499.